The average Bonchev–Trinajstić information content (AvgIpc) is 3.47. The number of ether oxygens (including phenoxy) is 1. The molecular weight excluding hydrogens is 356 g/mol. The molecule has 2 N–H and O–H groups in total. The predicted octanol–water partition coefficient (Wildman–Crippen LogP) is 3.63. The number of furan rings is 1. The molecule has 0 aromatic carbocycles. The molecule has 0 spiro atoms. The second-order valence-electron chi connectivity index (χ2n) is 7.17. The van der Waals surface area contributed by atoms with Gasteiger partial charge in [-0.15, -0.1) is 0 Å². The number of guanidine groups is 1. The van der Waals surface area contributed by atoms with Gasteiger partial charge >= 0.3 is 0 Å². The van der Waals surface area contributed by atoms with Gasteiger partial charge in [0.05, 0.1) is 18.1 Å². The fourth-order valence-corrected chi connectivity index (χ4v) is 3.41. The van der Waals surface area contributed by atoms with E-state index >= 15 is 0 Å². The van der Waals surface area contributed by atoms with Gasteiger partial charge in [-0.3, -0.25) is 0 Å². The van der Waals surface area contributed by atoms with Gasteiger partial charge in [0.15, 0.2) is 11.7 Å². The maximum Gasteiger partial charge on any atom is 0.191 e. The molecule has 2 aromatic heterocycles. The highest BCUT2D eigenvalue weighted by Gasteiger charge is 2.16. The van der Waals surface area contributed by atoms with E-state index in [4.69, 9.17) is 13.7 Å². The van der Waals surface area contributed by atoms with Crippen LogP contribution in [0.2, 0.25) is 0 Å². The van der Waals surface area contributed by atoms with E-state index in [0.717, 1.165) is 75.0 Å². The summed E-state index contributed by atoms with van der Waals surface area (Å²) in [6.07, 6.45) is 7.09. The molecule has 0 amide bonds. The molecule has 3 heterocycles. The summed E-state index contributed by atoms with van der Waals surface area (Å²) in [7, 11) is 0. The molecule has 0 aliphatic carbocycles. The molecule has 1 aliphatic heterocycles. The number of nitrogens with one attached hydrogen (secondary N) is 2. The van der Waals surface area contributed by atoms with E-state index in [1.54, 1.807) is 6.26 Å². The highest BCUT2D eigenvalue weighted by Crippen LogP contribution is 2.22. The third-order valence-electron chi connectivity index (χ3n) is 5.14. The van der Waals surface area contributed by atoms with Crippen molar-refractivity contribution in [3.8, 4) is 0 Å². The summed E-state index contributed by atoms with van der Waals surface area (Å²) in [6, 6.07) is 5.91. The van der Waals surface area contributed by atoms with Crippen LogP contribution in [-0.4, -0.2) is 36.9 Å². The molecule has 1 fully saturated rings. The minimum atomic E-state index is 0.254. The molecule has 1 unspecified atom stereocenters. The first kappa shape index (κ1) is 20.5. The maximum atomic E-state index is 5.70. The normalized spacial score (nSPS) is 17.4. The van der Waals surface area contributed by atoms with E-state index in [-0.39, 0.29) is 6.10 Å². The van der Waals surface area contributed by atoms with Gasteiger partial charge < -0.3 is 24.3 Å². The molecule has 7 nitrogen and oxygen atoms in total. The number of aliphatic imine (C=N–C) groups is 1. The SMILES string of the molecule is CCC(CC)c1cc(CN=C(NCCc2ccco2)NCC2CCCO2)on1. The smallest absolute Gasteiger partial charge is 0.191 e. The molecule has 0 bridgehead atoms. The van der Waals surface area contributed by atoms with Gasteiger partial charge in [-0.25, -0.2) is 4.99 Å². The van der Waals surface area contributed by atoms with Crippen LogP contribution in [0.4, 0.5) is 0 Å². The van der Waals surface area contributed by atoms with Crippen molar-refractivity contribution in [2.24, 2.45) is 4.99 Å². The van der Waals surface area contributed by atoms with E-state index < -0.39 is 0 Å². The molecule has 1 aliphatic rings. The predicted molar refractivity (Wildman–Crippen MR) is 108 cm³/mol. The molecule has 7 heteroatoms. The van der Waals surface area contributed by atoms with Crippen molar-refractivity contribution < 1.29 is 13.7 Å². The summed E-state index contributed by atoms with van der Waals surface area (Å²) < 4.78 is 16.6. The lowest BCUT2D eigenvalue weighted by molar-refractivity contribution is 0.114. The Hall–Kier alpha value is -2.28. The molecule has 2 aromatic rings. The van der Waals surface area contributed by atoms with Crippen molar-refractivity contribution in [3.63, 3.8) is 0 Å². The van der Waals surface area contributed by atoms with Crippen molar-refractivity contribution >= 4 is 5.96 Å². The zero-order chi connectivity index (χ0) is 19.6. The maximum absolute atomic E-state index is 5.70. The largest absolute Gasteiger partial charge is 0.469 e. The summed E-state index contributed by atoms with van der Waals surface area (Å²) in [5, 5.41) is 11.0. The van der Waals surface area contributed by atoms with Gasteiger partial charge in [0, 0.05) is 38.1 Å². The third kappa shape index (κ3) is 6.12. The lowest BCUT2D eigenvalue weighted by atomic mass is 9.99. The van der Waals surface area contributed by atoms with Gasteiger partial charge in [0.2, 0.25) is 0 Å². The number of aromatic nitrogens is 1. The third-order valence-corrected chi connectivity index (χ3v) is 5.14. The van der Waals surface area contributed by atoms with E-state index in [0.29, 0.717) is 12.5 Å². The average molecular weight is 389 g/mol. The van der Waals surface area contributed by atoms with Crippen molar-refractivity contribution in [2.45, 2.75) is 64.5 Å². The summed E-state index contributed by atoms with van der Waals surface area (Å²) in [5.74, 6) is 2.94. The summed E-state index contributed by atoms with van der Waals surface area (Å²) in [6.45, 7) is 7.14. The Labute approximate surface area is 166 Å². The highest BCUT2D eigenvalue weighted by atomic mass is 16.5. The van der Waals surface area contributed by atoms with Crippen LogP contribution < -0.4 is 10.6 Å². The van der Waals surface area contributed by atoms with Crippen LogP contribution in [0.5, 0.6) is 0 Å². The zero-order valence-corrected chi connectivity index (χ0v) is 16.9. The quantitative estimate of drug-likeness (QED) is 0.478. The van der Waals surface area contributed by atoms with Gasteiger partial charge in [0.25, 0.3) is 0 Å². The number of rotatable bonds is 10. The van der Waals surface area contributed by atoms with Crippen molar-refractivity contribution in [1.29, 1.82) is 0 Å². The Bertz CT molecular complexity index is 701. The zero-order valence-electron chi connectivity index (χ0n) is 16.9. The van der Waals surface area contributed by atoms with E-state index in [1.807, 2.05) is 18.2 Å². The van der Waals surface area contributed by atoms with Crippen molar-refractivity contribution in [1.82, 2.24) is 15.8 Å². The Kier molecular flexibility index (Phi) is 7.96. The summed E-state index contributed by atoms with van der Waals surface area (Å²) >= 11 is 0. The summed E-state index contributed by atoms with van der Waals surface area (Å²) in [5.41, 5.74) is 1.02. The van der Waals surface area contributed by atoms with Crippen LogP contribution >= 0.6 is 0 Å². The Morgan fingerprint density at radius 3 is 2.89 bits per heavy atom. The Balaban J connectivity index is 1.55. The fourth-order valence-electron chi connectivity index (χ4n) is 3.41. The lowest BCUT2D eigenvalue weighted by Gasteiger charge is -2.15. The minimum absolute atomic E-state index is 0.254. The van der Waals surface area contributed by atoms with Gasteiger partial charge in [-0.1, -0.05) is 19.0 Å². The fraction of sp³-hybridized carbons (Fsp3) is 0.619. The second-order valence-corrected chi connectivity index (χ2v) is 7.17. The molecule has 0 radical (unpaired) electrons. The van der Waals surface area contributed by atoms with Gasteiger partial charge in [-0.2, -0.15) is 0 Å². The molecule has 1 saturated heterocycles. The minimum Gasteiger partial charge on any atom is -0.469 e. The Morgan fingerprint density at radius 2 is 2.18 bits per heavy atom. The Morgan fingerprint density at radius 1 is 1.29 bits per heavy atom. The van der Waals surface area contributed by atoms with E-state index in [9.17, 15) is 0 Å². The van der Waals surface area contributed by atoms with E-state index in [2.05, 4.69) is 34.6 Å². The number of nitrogens with zero attached hydrogens (tertiary/aromatic N) is 2. The molecule has 28 heavy (non-hydrogen) atoms. The van der Waals surface area contributed by atoms with Crippen LogP contribution in [0, 0.1) is 0 Å². The van der Waals surface area contributed by atoms with Gasteiger partial charge in [-0.05, 0) is 37.8 Å². The topological polar surface area (TPSA) is 84.8 Å². The van der Waals surface area contributed by atoms with Crippen LogP contribution in [0.1, 0.15) is 62.7 Å². The monoisotopic (exact) mass is 388 g/mol. The standard InChI is InChI=1S/C21H32N4O3/c1-3-16(4-2)20-13-19(28-25-20)15-24-21(23-14-18-8-6-12-27-18)22-10-9-17-7-5-11-26-17/h5,7,11,13,16,18H,3-4,6,8-10,12,14-15H2,1-2H3,(H2,22,23,24). The second kappa shape index (κ2) is 10.9. The van der Waals surface area contributed by atoms with E-state index in [1.165, 1.54) is 0 Å². The number of hydrogen-bond donors (Lipinski definition) is 2. The van der Waals surface area contributed by atoms with Crippen LogP contribution in [-0.2, 0) is 17.7 Å². The van der Waals surface area contributed by atoms with Crippen LogP contribution in [0.3, 0.4) is 0 Å². The molecule has 0 saturated carbocycles. The lowest BCUT2D eigenvalue weighted by Crippen LogP contribution is -2.41. The van der Waals surface area contributed by atoms with Crippen molar-refractivity contribution in [3.05, 3.63) is 41.7 Å². The summed E-state index contributed by atoms with van der Waals surface area (Å²) in [4.78, 5) is 4.67. The molecule has 1 atom stereocenters. The first-order valence-electron chi connectivity index (χ1n) is 10.4. The molecule has 3 rings (SSSR count). The van der Waals surface area contributed by atoms with Gasteiger partial charge in [0.1, 0.15) is 12.3 Å². The van der Waals surface area contributed by atoms with Crippen LogP contribution in [0.25, 0.3) is 0 Å². The first-order chi connectivity index (χ1) is 13.8. The molecule has 154 valence electrons. The first-order valence-corrected chi connectivity index (χ1v) is 10.4. The van der Waals surface area contributed by atoms with Crippen molar-refractivity contribution in [2.75, 3.05) is 19.7 Å². The molecular formula is C21H32N4O3. The number of hydrogen-bond acceptors (Lipinski definition) is 5. The van der Waals surface area contributed by atoms with Crippen LogP contribution in [0.15, 0.2) is 38.4 Å². The highest BCUT2D eigenvalue weighted by molar-refractivity contribution is 5.79.